The smallest absolute Gasteiger partial charge is 0.410 e. The SMILES string of the molecule is CN1C(C(=O)O)CN(C2CCN(C(=O)OC(C)(C)C)CC2)C1O. The molecule has 132 valence electrons. The van der Waals surface area contributed by atoms with Gasteiger partial charge >= 0.3 is 12.1 Å². The highest BCUT2D eigenvalue weighted by Crippen LogP contribution is 2.26. The third kappa shape index (κ3) is 4.13. The number of aliphatic carboxylic acids is 1. The van der Waals surface area contributed by atoms with Crippen molar-refractivity contribution in [1.82, 2.24) is 14.7 Å². The van der Waals surface area contributed by atoms with E-state index < -0.39 is 24.0 Å². The van der Waals surface area contributed by atoms with E-state index in [-0.39, 0.29) is 12.1 Å². The molecule has 1 amide bonds. The van der Waals surface area contributed by atoms with E-state index in [9.17, 15) is 19.8 Å². The topological polar surface area (TPSA) is 93.6 Å². The fourth-order valence-corrected chi connectivity index (χ4v) is 3.11. The summed E-state index contributed by atoms with van der Waals surface area (Å²) in [5.41, 5.74) is -0.517. The molecule has 0 aromatic heterocycles. The van der Waals surface area contributed by atoms with E-state index in [2.05, 4.69) is 0 Å². The van der Waals surface area contributed by atoms with Crippen molar-refractivity contribution in [3.05, 3.63) is 0 Å². The quantitative estimate of drug-likeness (QED) is 0.755. The van der Waals surface area contributed by atoms with Gasteiger partial charge in [0.15, 0.2) is 6.35 Å². The summed E-state index contributed by atoms with van der Waals surface area (Å²) in [7, 11) is 1.61. The van der Waals surface area contributed by atoms with Crippen LogP contribution in [0.1, 0.15) is 33.6 Å². The number of nitrogens with zero attached hydrogens (tertiary/aromatic N) is 3. The Morgan fingerprint density at radius 1 is 1.17 bits per heavy atom. The molecule has 2 unspecified atom stereocenters. The van der Waals surface area contributed by atoms with Gasteiger partial charge in [0.1, 0.15) is 11.6 Å². The highest BCUT2D eigenvalue weighted by molar-refractivity contribution is 5.74. The molecule has 2 rings (SSSR count). The maximum absolute atomic E-state index is 12.1. The summed E-state index contributed by atoms with van der Waals surface area (Å²) in [6, 6.07) is -0.635. The first-order chi connectivity index (χ1) is 10.6. The van der Waals surface area contributed by atoms with Gasteiger partial charge in [0.25, 0.3) is 0 Å². The van der Waals surface area contributed by atoms with Gasteiger partial charge in [-0.15, -0.1) is 0 Å². The number of aliphatic hydroxyl groups excluding tert-OH is 1. The molecule has 2 heterocycles. The number of aliphatic hydroxyl groups is 1. The summed E-state index contributed by atoms with van der Waals surface area (Å²) in [5, 5.41) is 19.4. The Morgan fingerprint density at radius 3 is 2.17 bits per heavy atom. The maximum atomic E-state index is 12.1. The molecule has 0 spiro atoms. The monoisotopic (exact) mass is 329 g/mol. The normalized spacial score (nSPS) is 28.1. The molecule has 0 bridgehead atoms. The Bertz CT molecular complexity index is 457. The highest BCUT2D eigenvalue weighted by Gasteiger charge is 2.43. The van der Waals surface area contributed by atoms with Crippen LogP contribution < -0.4 is 0 Å². The lowest BCUT2D eigenvalue weighted by molar-refractivity contribution is -0.144. The molecule has 2 fully saturated rings. The molecular formula is C15H27N3O5. The van der Waals surface area contributed by atoms with Crippen molar-refractivity contribution in [1.29, 1.82) is 0 Å². The fourth-order valence-electron chi connectivity index (χ4n) is 3.11. The zero-order valence-electron chi connectivity index (χ0n) is 14.2. The number of hydrogen-bond donors (Lipinski definition) is 2. The molecule has 2 saturated heterocycles. The second kappa shape index (κ2) is 6.62. The number of piperidine rings is 1. The molecule has 0 aromatic carbocycles. The summed E-state index contributed by atoms with van der Waals surface area (Å²) in [6.07, 6.45) is 0.167. The third-order valence-electron chi connectivity index (χ3n) is 4.41. The molecule has 8 nitrogen and oxygen atoms in total. The molecule has 2 aliphatic rings. The first-order valence-electron chi connectivity index (χ1n) is 7.96. The largest absolute Gasteiger partial charge is 0.480 e. The Morgan fingerprint density at radius 2 is 1.74 bits per heavy atom. The second-order valence-corrected chi connectivity index (χ2v) is 7.26. The minimum atomic E-state index is -0.930. The van der Waals surface area contributed by atoms with Crippen molar-refractivity contribution in [2.45, 2.75) is 57.6 Å². The minimum absolute atomic E-state index is 0.0653. The van der Waals surface area contributed by atoms with E-state index in [1.165, 1.54) is 4.90 Å². The molecule has 2 atom stereocenters. The number of carboxylic acids is 1. The van der Waals surface area contributed by atoms with Gasteiger partial charge in [0, 0.05) is 25.7 Å². The average molecular weight is 329 g/mol. The van der Waals surface area contributed by atoms with E-state index in [0.29, 0.717) is 32.5 Å². The van der Waals surface area contributed by atoms with Crippen LogP contribution in [0.3, 0.4) is 0 Å². The van der Waals surface area contributed by atoms with Crippen LogP contribution in [0.5, 0.6) is 0 Å². The Balaban J connectivity index is 1.90. The van der Waals surface area contributed by atoms with Gasteiger partial charge in [0.05, 0.1) is 0 Å². The number of carbonyl (C=O) groups is 2. The summed E-state index contributed by atoms with van der Waals surface area (Å²) < 4.78 is 5.36. The van der Waals surface area contributed by atoms with Crippen LogP contribution >= 0.6 is 0 Å². The van der Waals surface area contributed by atoms with Crippen molar-refractivity contribution in [3.8, 4) is 0 Å². The second-order valence-electron chi connectivity index (χ2n) is 7.26. The Labute approximate surface area is 136 Å². The molecule has 2 aliphatic heterocycles. The lowest BCUT2D eigenvalue weighted by atomic mass is 10.0. The van der Waals surface area contributed by atoms with Crippen LogP contribution in [-0.4, -0.2) is 87.7 Å². The van der Waals surface area contributed by atoms with Gasteiger partial charge < -0.3 is 19.8 Å². The Hall–Kier alpha value is -1.38. The van der Waals surface area contributed by atoms with Crippen LogP contribution in [0.4, 0.5) is 4.79 Å². The van der Waals surface area contributed by atoms with Crippen molar-refractivity contribution in [2.75, 3.05) is 26.7 Å². The molecule has 8 heteroatoms. The summed E-state index contributed by atoms with van der Waals surface area (Å²) in [4.78, 5) is 28.2. The number of hydrogen-bond acceptors (Lipinski definition) is 6. The van der Waals surface area contributed by atoms with E-state index in [0.717, 1.165) is 0 Å². The number of likely N-dealkylation sites (N-methyl/N-ethyl adjacent to an activating group) is 1. The Kier molecular flexibility index (Phi) is 5.17. The lowest BCUT2D eigenvalue weighted by Gasteiger charge is -2.38. The number of carbonyl (C=O) groups excluding carboxylic acids is 1. The molecule has 0 aliphatic carbocycles. The predicted molar refractivity (Wildman–Crippen MR) is 82.7 cm³/mol. The van der Waals surface area contributed by atoms with Gasteiger partial charge in [-0.05, 0) is 40.7 Å². The molecule has 2 N–H and O–H groups in total. The molecule has 23 heavy (non-hydrogen) atoms. The van der Waals surface area contributed by atoms with E-state index in [4.69, 9.17) is 4.74 Å². The van der Waals surface area contributed by atoms with Gasteiger partial charge in [-0.25, -0.2) is 4.79 Å². The summed E-state index contributed by atoms with van der Waals surface area (Å²) >= 11 is 0. The van der Waals surface area contributed by atoms with E-state index >= 15 is 0 Å². The highest BCUT2D eigenvalue weighted by atomic mass is 16.6. The van der Waals surface area contributed by atoms with Crippen LogP contribution in [0.2, 0.25) is 0 Å². The first-order valence-corrected chi connectivity index (χ1v) is 7.96. The number of likely N-dealkylation sites (tertiary alicyclic amines) is 1. The maximum Gasteiger partial charge on any atom is 0.410 e. The predicted octanol–water partition coefficient (Wildman–Crippen LogP) is 0.362. The van der Waals surface area contributed by atoms with Gasteiger partial charge in [-0.2, -0.15) is 0 Å². The molecule has 0 saturated carbocycles. The van der Waals surface area contributed by atoms with Crippen LogP contribution in [0.25, 0.3) is 0 Å². The van der Waals surface area contributed by atoms with Gasteiger partial charge in [-0.3, -0.25) is 14.6 Å². The third-order valence-corrected chi connectivity index (χ3v) is 4.41. The van der Waals surface area contributed by atoms with Gasteiger partial charge in [-0.1, -0.05) is 0 Å². The first kappa shape index (κ1) is 18.0. The molecular weight excluding hydrogens is 302 g/mol. The van der Waals surface area contributed by atoms with Crippen molar-refractivity contribution in [2.24, 2.45) is 0 Å². The number of carboxylic acid groups (broad SMARTS) is 1. The average Bonchev–Trinajstić information content (AvgIpc) is 2.74. The number of rotatable bonds is 2. The zero-order chi connectivity index (χ0) is 17.4. The summed E-state index contributed by atoms with van der Waals surface area (Å²) in [6.45, 7) is 6.89. The van der Waals surface area contributed by atoms with E-state index in [1.54, 1.807) is 11.9 Å². The number of ether oxygens (including phenoxy) is 1. The van der Waals surface area contributed by atoms with Crippen molar-refractivity contribution >= 4 is 12.1 Å². The van der Waals surface area contributed by atoms with Crippen LogP contribution in [0, 0.1) is 0 Å². The fraction of sp³-hybridized carbons (Fsp3) is 0.867. The molecule has 0 radical (unpaired) electrons. The van der Waals surface area contributed by atoms with Gasteiger partial charge in [0.2, 0.25) is 0 Å². The summed E-state index contributed by atoms with van der Waals surface area (Å²) in [5.74, 6) is -0.930. The van der Waals surface area contributed by atoms with Crippen LogP contribution in [0.15, 0.2) is 0 Å². The minimum Gasteiger partial charge on any atom is -0.480 e. The van der Waals surface area contributed by atoms with Crippen LogP contribution in [-0.2, 0) is 9.53 Å². The standard InChI is InChI=1S/C15H27N3O5/c1-15(2,3)23-14(22)17-7-5-10(6-8-17)18-9-11(12(19)20)16(4)13(18)21/h10-11,13,21H,5-9H2,1-4H3,(H,19,20). The van der Waals surface area contributed by atoms with E-state index in [1.807, 2.05) is 25.7 Å². The molecule has 0 aromatic rings. The number of amides is 1. The zero-order valence-corrected chi connectivity index (χ0v) is 14.2. The van der Waals surface area contributed by atoms with Crippen molar-refractivity contribution < 1.29 is 24.5 Å². The lowest BCUT2D eigenvalue weighted by Crippen LogP contribution is -2.50. The van der Waals surface area contributed by atoms with Crippen molar-refractivity contribution in [3.63, 3.8) is 0 Å².